The summed E-state index contributed by atoms with van der Waals surface area (Å²) in [6.07, 6.45) is 28.8. The molecule has 0 unspecified atom stereocenters. The molecule has 0 aromatic carbocycles. The van der Waals surface area contributed by atoms with Gasteiger partial charge in [0.1, 0.15) is 12.5 Å². The molecule has 1 amide bonds. The Morgan fingerprint density at radius 3 is 2.63 bits per heavy atom. The maximum absolute atomic E-state index is 13.3. The number of aliphatic hydroxyl groups is 1. The molecule has 208 valence electrons. The summed E-state index contributed by atoms with van der Waals surface area (Å²) in [6, 6.07) is 0. The second-order valence-corrected chi connectivity index (χ2v) is 12.4. The number of carbonyl (C=O) groups excluding carboxylic acids is 1. The van der Waals surface area contributed by atoms with Gasteiger partial charge in [-0.25, -0.2) is 0 Å². The number of aliphatic hydroxyl groups excluding tert-OH is 1. The van der Waals surface area contributed by atoms with Gasteiger partial charge < -0.3 is 19.5 Å². The first-order valence-corrected chi connectivity index (χ1v) is 15.3. The summed E-state index contributed by atoms with van der Waals surface area (Å²) in [6.45, 7) is 2.79. The highest BCUT2D eigenvalue weighted by atomic mass is 16.5. The number of rotatable bonds is 0. The van der Waals surface area contributed by atoms with Gasteiger partial charge in [0.05, 0.1) is 30.1 Å². The maximum Gasteiger partial charge on any atom is 0.227 e. The van der Waals surface area contributed by atoms with Crippen molar-refractivity contribution >= 4 is 5.91 Å². The van der Waals surface area contributed by atoms with Crippen LogP contribution in [-0.2, 0) is 14.3 Å². The lowest BCUT2D eigenvalue weighted by Gasteiger charge is -2.57. The van der Waals surface area contributed by atoms with Crippen molar-refractivity contribution in [3.05, 3.63) is 48.6 Å². The SMILES string of the molecule is O=C1C[C@H]2CCCC[C@H]3CC[C@H]4CCCN(C\C=C/C=C/C=C/[C@H]5CC=C[C@@H](O)[C@]56CCCN1[C@H]6O2)[C@H]4O3. The Hall–Kier alpha value is -1.73. The van der Waals surface area contributed by atoms with Crippen LogP contribution < -0.4 is 0 Å². The summed E-state index contributed by atoms with van der Waals surface area (Å²) >= 11 is 0. The van der Waals surface area contributed by atoms with Crippen LogP contribution in [0.5, 0.6) is 0 Å². The molecule has 0 aromatic heterocycles. The van der Waals surface area contributed by atoms with E-state index in [1.807, 2.05) is 11.0 Å². The molecule has 4 fully saturated rings. The first kappa shape index (κ1) is 26.5. The molecular formula is C32H46N2O4. The Morgan fingerprint density at radius 2 is 1.71 bits per heavy atom. The molecule has 0 radical (unpaired) electrons. The quantitative estimate of drug-likeness (QED) is 0.448. The van der Waals surface area contributed by atoms with E-state index in [1.54, 1.807) is 0 Å². The van der Waals surface area contributed by atoms with Gasteiger partial charge >= 0.3 is 0 Å². The smallest absolute Gasteiger partial charge is 0.227 e. The molecule has 6 rings (SSSR count). The molecule has 4 saturated heterocycles. The van der Waals surface area contributed by atoms with E-state index in [-0.39, 0.29) is 30.4 Å². The summed E-state index contributed by atoms with van der Waals surface area (Å²) in [5.74, 6) is 0.994. The Labute approximate surface area is 228 Å². The highest BCUT2D eigenvalue weighted by molar-refractivity contribution is 5.78. The molecule has 38 heavy (non-hydrogen) atoms. The van der Waals surface area contributed by atoms with Crippen LogP contribution in [0.1, 0.15) is 77.0 Å². The average Bonchev–Trinajstić information content (AvgIpc) is 2.93. The molecule has 5 heterocycles. The lowest BCUT2D eigenvalue weighted by atomic mass is 9.61. The van der Waals surface area contributed by atoms with Gasteiger partial charge in [0, 0.05) is 19.6 Å². The van der Waals surface area contributed by atoms with Crippen LogP contribution >= 0.6 is 0 Å². The zero-order chi connectivity index (χ0) is 26.0. The first-order valence-electron chi connectivity index (χ1n) is 15.3. The number of ether oxygens (including phenoxy) is 2. The Kier molecular flexibility index (Phi) is 8.22. The van der Waals surface area contributed by atoms with E-state index in [0.717, 1.165) is 64.6 Å². The number of amides is 1. The summed E-state index contributed by atoms with van der Waals surface area (Å²) in [5, 5.41) is 11.4. The van der Waals surface area contributed by atoms with Crippen LogP contribution in [0.4, 0.5) is 0 Å². The third-order valence-electron chi connectivity index (χ3n) is 10.2. The standard InChI is InChI=1S/C32H46N2O4/c35-28-16-8-13-25-12-4-2-1-3-7-20-33-21-9-11-24-17-18-26(37-30(24)33)14-5-6-15-27-23-29(36)34-22-10-19-32(25,28)31(34)38-27/h1-4,7-8,12,16,24-28,30-31,35H,5-6,9-11,13-15,17-23H2/b2-1+,7-3-,12-4+/t24-,25+,26+,27-,28-,30+,31+,32+/m1/s1. The van der Waals surface area contributed by atoms with Crippen molar-refractivity contribution < 1.29 is 19.4 Å². The molecule has 1 spiro atoms. The van der Waals surface area contributed by atoms with E-state index in [1.165, 1.54) is 25.7 Å². The third-order valence-corrected chi connectivity index (χ3v) is 10.2. The van der Waals surface area contributed by atoms with Crippen molar-refractivity contribution in [2.75, 3.05) is 19.6 Å². The van der Waals surface area contributed by atoms with E-state index < -0.39 is 11.5 Å². The molecule has 6 nitrogen and oxygen atoms in total. The van der Waals surface area contributed by atoms with Gasteiger partial charge in [-0.3, -0.25) is 9.69 Å². The van der Waals surface area contributed by atoms with E-state index in [0.29, 0.717) is 18.4 Å². The summed E-state index contributed by atoms with van der Waals surface area (Å²) in [7, 11) is 0. The predicted octanol–water partition coefficient (Wildman–Crippen LogP) is 5.11. The van der Waals surface area contributed by atoms with E-state index in [9.17, 15) is 9.90 Å². The van der Waals surface area contributed by atoms with E-state index >= 15 is 0 Å². The van der Waals surface area contributed by atoms with Crippen LogP contribution in [-0.4, -0.2) is 71.2 Å². The van der Waals surface area contributed by atoms with Gasteiger partial charge in [-0.15, -0.1) is 0 Å². The van der Waals surface area contributed by atoms with Crippen LogP contribution in [0.3, 0.4) is 0 Å². The van der Waals surface area contributed by atoms with Crippen LogP contribution in [0.2, 0.25) is 0 Å². The highest BCUT2D eigenvalue weighted by Gasteiger charge is 2.57. The average molecular weight is 523 g/mol. The number of allylic oxidation sites excluding steroid dienone is 6. The Balaban J connectivity index is 1.25. The molecule has 4 bridgehead atoms. The fourth-order valence-corrected chi connectivity index (χ4v) is 8.17. The van der Waals surface area contributed by atoms with Crippen molar-refractivity contribution in [3.63, 3.8) is 0 Å². The van der Waals surface area contributed by atoms with Gasteiger partial charge in [0.15, 0.2) is 0 Å². The molecule has 6 heteroatoms. The minimum atomic E-state index is -0.614. The number of hydrogen-bond acceptors (Lipinski definition) is 5. The Bertz CT molecular complexity index is 959. The largest absolute Gasteiger partial charge is 0.388 e. The number of nitrogens with zero attached hydrogens (tertiary/aromatic N) is 2. The molecule has 0 saturated carbocycles. The predicted molar refractivity (Wildman–Crippen MR) is 148 cm³/mol. The fraction of sp³-hybridized carbons (Fsp3) is 0.719. The first-order chi connectivity index (χ1) is 18.6. The van der Waals surface area contributed by atoms with Crippen molar-refractivity contribution in [2.45, 2.75) is 108 Å². The second-order valence-electron chi connectivity index (χ2n) is 12.4. The summed E-state index contributed by atoms with van der Waals surface area (Å²) in [4.78, 5) is 17.8. The van der Waals surface area contributed by atoms with Gasteiger partial charge in [-0.1, -0.05) is 61.4 Å². The van der Waals surface area contributed by atoms with Gasteiger partial charge in [-0.2, -0.15) is 0 Å². The van der Waals surface area contributed by atoms with E-state index in [2.05, 4.69) is 47.4 Å². The summed E-state index contributed by atoms with van der Waals surface area (Å²) in [5.41, 5.74) is -0.488. The maximum atomic E-state index is 13.3. The third kappa shape index (κ3) is 5.22. The zero-order valence-electron chi connectivity index (χ0n) is 22.8. The van der Waals surface area contributed by atoms with Gasteiger partial charge in [0.25, 0.3) is 0 Å². The number of fused-ring (bicyclic) bond motifs is 2. The molecule has 5 aliphatic heterocycles. The second kappa shape index (κ2) is 11.8. The number of piperidine rings is 2. The van der Waals surface area contributed by atoms with Crippen molar-refractivity contribution in [1.82, 2.24) is 9.80 Å². The lowest BCUT2D eigenvalue weighted by molar-refractivity contribution is -0.241. The summed E-state index contributed by atoms with van der Waals surface area (Å²) < 4.78 is 13.5. The van der Waals surface area contributed by atoms with Crippen LogP contribution in [0, 0.1) is 17.3 Å². The number of hydrogen-bond donors (Lipinski definition) is 1. The molecule has 8 atom stereocenters. The van der Waals surface area contributed by atoms with Crippen LogP contribution in [0.25, 0.3) is 0 Å². The highest BCUT2D eigenvalue weighted by Crippen LogP contribution is 2.52. The normalized spacial score (nSPS) is 45.0. The molecular weight excluding hydrogens is 476 g/mol. The van der Waals surface area contributed by atoms with Crippen molar-refractivity contribution in [3.8, 4) is 0 Å². The minimum Gasteiger partial charge on any atom is -0.388 e. The molecule has 6 aliphatic rings. The monoisotopic (exact) mass is 522 g/mol. The molecule has 1 N–H and O–H groups in total. The fourth-order valence-electron chi connectivity index (χ4n) is 8.17. The van der Waals surface area contributed by atoms with Gasteiger partial charge in [-0.05, 0) is 69.6 Å². The van der Waals surface area contributed by atoms with Gasteiger partial charge in [0.2, 0.25) is 5.91 Å². The van der Waals surface area contributed by atoms with E-state index in [4.69, 9.17) is 9.47 Å². The molecule has 1 aliphatic carbocycles. The van der Waals surface area contributed by atoms with Crippen molar-refractivity contribution in [2.24, 2.45) is 17.3 Å². The zero-order valence-corrected chi connectivity index (χ0v) is 22.8. The van der Waals surface area contributed by atoms with Crippen LogP contribution in [0.15, 0.2) is 48.6 Å². The minimum absolute atomic E-state index is 0.0671. The number of carbonyl (C=O) groups is 1. The molecule has 0 aromatic rings. The topological polar surface area (TPSA) is 62.2 Å². The lowest BCUT2D eigenvalue weighted by Crippen LogP contribution is -2.66. The van der Waals surface area contributed by atoms with Crippen molar-refractivity contribution in [1.29, 1.82) is 0 Å². The Morgan fingerprint density at radius 1 is 0.842 bits per heavy atom.